The van der Waals surface area contributed by atoms with Crippen LogP contribution in [0.25, 0.3) is 0 Å². The zero-order chi connectivity index (χ0) is 11.5. The molecule has 4 nitrogen and oxygen atoms in total. The molecule has 3 N–H and O–H groups in total. The molecule has 4 heteroatoms. The highest BCUT2D eigenvalue weighted by molar-refractivity contribution is 5.68. The van der Waals surface area contributed by atoms with Crippen LogP contribution in [0.3, 0.4) is 0 Å². The molecule has 88 valence electrons. The predicted molar refractivity (Wildman–Crippen MR) is 59.6 cm³/mol. The third-order valence-electron chi connectivity index (χ3n) is 2.44. The molecule has 0 aromatic carbocycles. The summed E-state index contributed by atoms with van der Waals surface area (Å²) in [6, 6.07) is 0.405. The van der Waals surface area contributed by atoms with Gasteiger partial charge in [-0.1, -0.05) is 0 Å². The van der Waals surface area contributed by atoms with Gasteiger partial charge >= 0.3 is 6.09 Å². The number of hydrogen-bond acceptors (Lipinski definition) is 3. The Labute approximate surface area is 91.5 Å². The second-order valence-electron chi connectivity index (χ2n) is 5.27. The van der Waals surface area contributed by atoms with Crippen LogP contribution in [0.5, 0.6) is 0 Å². The first-order valence-corrected chi connectivity index (χ1v) is 5.62. The predicted octanol–water partition coefficient (Wildman–Crippen LogP) is 1.78. The van der Waals surface area contributed by atoms with Crippen LogP contribution < -0.4 is 11.1 Å². The van der Waals surface area contributed by atoms with E-state index in [2.05, 4.69) is 5.32 Å². The summed E-state index contributed by atoms with van der Waals surface area (Å²) in [5.74, 6) is 0. The van der Waals surface area contributed by atoms with Gasteiger partial charge in [-0.15, -0.1) is 0 Å². The molecule has 1 aliphatic rings. The van der Waals surface area contributed by atoms with Crippen molar-refractivity contribution < 1.29 is 9.53 Å². The highest BCUT2D eigenvalue weighted by Crippen LogP contribution is 2.17. The Bertz CT molecular complexity index is 223. The van der Waals surface area contributed by atoms with Crippen LogP contribution in [0.15, 0.2) is 0 Å². The molecule has 2 atom stereocenters. The van der Waals surface area contributed by atoms with E-state index in [-0.39, 0.29) is 18.2 Å². The lowest BCUT2D eigenvalue weighted by atomic mass is 9.92. The van der Waals surface area contributed by atoms with Crippen LogP contribution in [-0.4, -0.2) is 23.8 Å². The molecule has 1 aliphatic carbocycles. The van der Waals surface area contributed by atoms with Crippen molar-refractivity contribution in [2.24, 2.45) is 5.73 Å². The fraction of sp³-hybridized carbons (Fsp3) is 0.909. The van der Waals surface area contributed by atoms with Gasteiger partial charge in [-0.25, -0.2) is 4.79 Å². The Morgan fingerprint density at radius 3 is 2.60 bits per heavy atom. The van der Waals surface area contributed by atoms with Gasteiger partial charge in [0.2, 0.25) is 0 Å². The largest absolute Gasteiger partial charge is 0.444 e. The van der Waals surface area contributed by atoms with Crippen LogP contribution in [0.2, 0.25) is 0 Å². The first-order valence-electron chi connectivity index (χ1n) is 5.62. The molecule has 0 saturated heterocycles. The molecule has 1 rings (SSSR count). The standard InChI is InChI=1S/C11H22N2O2/c1-11(2,3)15-10(14)13-9-6-4-5-8(12)7-9/h8-9H,4-7,12H2,1-3H3,(H,13,14)/t8-,9?/m1/s1. The highest BCUT2D eigenvalue weighted by atomic mass is 16.6. The summed E-state index contributed by atoms with van der Waals surface area (Å²) >= 11 is 0. The van der Waals surface area contributed by atoms with Gasteiger partial charge in [0.15, 0.2) is 0 Å². The van der Waals surface area contributed by atoms with Gasteiger partial charge in [-0.3, -0.25) is 0 Å². The smallest absolute Gasteiger partial charge is 0.407 e. The summed E-state index contributed by atoms with van der Waals surface area (Å²) in [5.41, 5.74) is 5.41. The molecule has 1 amide bonds. The lowest BCUT2D eigenvalue weighted by Gasteiger charge is -2.28. The Morgan fingerprint density at radius 1 is 1.40 bits per heavy atom. The number of nitrogens with one attached hydrogen (secondary N) is 1. The monoisotopic (exact) mass is 214 g/mol. The zero-order valence-electron chi connectivity index (χ0n) is 9.88. The number of alkyl carbamates (subject to hydrolysis) is 1. The fourth-order valence-corrected chi connectivity index (χ4v) is 1.83. The van der Waals surface area contributed by atoms with Crippen molar-refractivity contribution in [1.29, 1.82) is 0 Å². The molecule has 0 aliphatic heterocycles. The van der Waals surface area contributed by atoms with E-state index < -0.39 is 5.60 Å². The second kappa shape index (κ2) is 4.84. The third-order valence-corrected chi connectivity index (χ3v) is 2.44. The maximum Gasteiger partial charge on any atom is 0.407 e. The van der Waals surface area contributed by atoms with E-state index in [1.165, 1.54) is 0 Å². The summed E-state index contributed by atoms with van der Waals surface area (Å²) in [6.07, 6.45) is 3.68. The summed E-state index contributed by atoms with van der Waals surface area (Å²) in [5, 5.41) is 2.86. The van der Waals surface area contributed by atoms with Crippen molar-refractivity contribution in [2.75, 3.05) is 0 Å². The Hall–Kier alpha value is -0.770. The SMILES string of the molecule is CC(C)(C)OC(=O)NC1CCC[C@@H](N)C1. The Kier molecular flexibility index (Phi) is 3.97. The second-order valence-corrected chi connectivity index (χ2v) is 5.27. The fourth-order valence-electron chi connectivity index (χ4n) is 1.83. The average Bonchev–Trinajstić information content (AvgIpc) is 1.99. The summed E-state index contributed by atoms with van der Waals surface area (Å²) in [6.45, 7) is 5.58. The minimum atomic E-state index is -0.430. The molecule has 0 bridgehead atoms. The number of amides is 1. The topological polar surface area (TPSA) is 64.3 Å². The average molecular weight is 214 g/mol. The van der Waals surface area contributed by atoms with Gasteiger partial charge in [0.05, 0.1) is 0 Å². The molecule has 1 saturated carbocycles. The number of hydrogen-bond donors (Lipinski definition) is 2. The number of carbonyl (C=O) groups excluding carboxylic acids is 1. The number of rotatable bonds is 1. The van der Waals surface area contributed by atoms with Crippen molar-refractivity contribution in [1.82, 2.24) is 5.32 Å². The van der Waals surface area contributed by atoms with Crippen molar-refractivity contribution in [3.8, 4) is 0 Å². The zero-order valence-corrected chi connectivity index (χ0v) is 9.88. The van der Waals surface area contributed by atoms with Gasteiger partial charge in [0, 0.05) is 12.1 Å². The normalized spacial score (nSPS) is 27.2. The molecule has 0 radical (unpaired) electrons. The summed E-state index contributed by atoms with van der Waals surface area (Å²) in [4.78, 5) is 11.5. The van der Waals surface area contributed by atoms with Crippen molar-refractivity contribution in [3.63, 3.8) is 0 Å². The first-order chi connectivity index (χ1) is 6.87. The van der Waals surface area contributed by atoms with Crippen LogP contribution in [0.1, 0.15) is 46.5 Å². The van der Waals surface area contributed by atoms with Gasteiger partial charge in [0.25, 0.3) is 0 Å². The van der Waals surface area contributed by atoms with E-state index >= 15 is 0 Å². The van der Waals surface area contributed by atoms with E-state index in [9.17, 15) is 4.79 Å². The van der Waals surface area contributed by atoms with Crippen LogP contribution in [0, 0.1) is 0 Å². The molecule has 0 heterocycles. The first kappa shape index (κ1) is 12.3. The van der Waals surface area contributed by atoms with Gasteiger partial charge in [-0.2, -0.15) is 0 Å². The third kappa shape index (κ3) is 5.02. The van der Waals surface area contributed by atoms with E-state index in [0.29, 0.717) is 0 Å². The Balaban J connectivity index is 2.31. The lowest BCUT2D eigenvalue weighted by molar-refractivity contribution is 0.0491. The minimum absolute atomic E-state index is 0.184. The summed E-state index contributed by atoms with van der Waals surface area (Å²) < 4.78 is 5.18. The number of carbonyl (C=O) groups is 1. The molecule has 1 unspecified atom stereocenters. The van der Waals surface area contributed by atoms with Gasteiger partial charge < -0.3 is 15.8 Å². The lowest BCUT2D eigenvalue weighted by Crippen LogP contribution is -2.44. The Morgan fingerprint density at radius 2 is 2.07 bits per heavy atom. The summed E-state index contributed by atoms with van der Waals surface area (Å²) in [7, 11) is 0. The number of nitrogens with two attached hydrogens (primary N) is 1. The maximum atomic E-state index is 11.5. The van der Waals surface area contributed by atoms with Crippen LogP contribution in [-0.2, 0) is 4.74 Å². The van der Waals surface area contributed by atoms with Crippen LogP contribution in [0.4, 0.5) is 4.79 Å². The molecule has 1 fully saturated rings. The molecular weight excluding hydrogens is 192 g/mol. The molecule has 0 spiro atoms. The number of ether oxygens (including phenoxy) is 1. The quantitative estimate of drug-likeness (QED) is 0.699. The minimum Gasteiger partial charge on any atom is -0.444 e. The van der Waals surface area contributed by atoms with Crippen molar-refractivity contribution >= 4 is 6.09 Å². The van der Waals surface area contributed by atoms with Gasteiger partial charge in [-0.05, 0) is 46.5 Å². The van der Waals surface area contributed by atoms with Gasteiger partial charge in [0.1, 0.15) is 5.60 Å². The van der Waals surface area contributed by atoms with E-state index in [1.807, 2.05) is 20.8 Å². The highest BCUT2D eigenvalue weighted by Gasteiger charge is 2.23. The van der Waals surface area contributed by atoms with Crippen molar-refractivity contribution in [2.45, 2.75) is 64.1 Å². The van der Waals surface area contributed by atoms with Crippen molar-refractivity contribution in [3.05, 3.63) is 0 Å². The van der Waals surface area contributed by atoms with E-state index in [0.717, 1.165) is 25.7 Å². The molecule has 0 aromatic rings. The van der Waals surface area contributed by atoms with Crippen LogP contribution >= 0.6 is 0 Å². The van der Waals surface area contributed by atoms with E-state index in [4.69, 9.17) is 10.5 Å². The molecule has 15 heavy (non-hydrogen) atoms. The maximum absolute atomic E-state index is 11.5. The van der Waals surface area contributed by atoms with E-state index in [1.54, 1.807) is 0 Å². The molecular formula is C11H22N2O2. The molecule has 0 aromatic heterocycles.